The fraction of sp³-hybridized carbons (Fsp3) is 0.400. The van der Waals surface area contributed by atoms with Gasteiger partial charge in [0.2, 0.25) is 5.91 Å². The summed E-state index contributed by atoms with van der Waals surface area (Å²) in [7, 11) is 1.53. The third-order valence-corrected chi connectivity index (χ3v) is 4.88. The van der Waals surface area contributed by atoms with Crippen LogP contribution in [-0.4, -0.2) is 29.4 Å². The number of aryl methyl sites for hydroxylation is 1. The second-order valence-electron chi connectivity index (χ2n) is 6.36. The highest BCUT2D eigenvalue weighted by Crippen LogP contribution is 2.22. The van der Waals surface area contributed by atoms with Crippen LogP contribution in [0.25, 0.3) is 0 Å². The van der Waals surface area contributed by atoms with Gasteiger partial charge in [-0.2, -0.15) is 0 Å². The lowest BCUT2D eigenvalue weighted by molar-refractivity contribution is -0.120. The van der Waals surface area contributed by atoms with Gasteiger partial charge < -0.3 is 14.6 Å². The van der Waals surface area contributed by atoms with E-state index in [9.17, 15) is 9.59 Å². The molecule has 2 rings (SSSR count). The summed E-state index contributed by atoms with van der Waals surface area (Å²) in [6, 6.07) is 11.3. The Bertz CT molecular complexity index is 798. The van der Waals surface area contributed by atoms with E-state index in [2.05, 4.69) is 19.2 Å². The van der Waals surface area contributed by atoms with Gasteiger partial charge in [0, 0.05) is 35.0 Å². The van der Waals surface area contributed by atoms with Crippen LogP contribution in [-0.2, 0) is 17.8 Å². The maximum Gasteiger partial charge on any atom is 0.254 e. The Labute approximate surface area is 158 Å². The summed E-state index contributed by atoms with van der Waals surface area (Å²) < 4.78 is 6.71. The molecule has 0 bridgehead atoms. The van der Waals surface area contributed by atoms with Gasteiger partial charge in [0.05, 0.1) is 13.5 Å². The van der Waals surface area contributed by atoms with Crippen LogP contribution in [0.15, 0.2) is 46.1 Å². The maximum absolute atomic E-state index is 12.1. The van der Waals surface area contributed by atoms with E-state index >= 15 is 0 Å². The van der Waals surface area contributed by atoms with Gasteiger partial charge in [0.1, 0.15) is 5.75 Å². The first kappa shape index (κ1) is 20.1. The highest BCUT2D eigenvalue weighted by Gasteiger charge is 2.07. The van der Waals surface area contributed by atoms with Gasteiger partial charge in [-0.25, -0.2) is 0 Å². The lowest BCUT2D eigenvalue weighted by Gasteiger charge is -2.12. The molecule has 0 spiro atoms. The smallest absolute Gasteiger partial charge is 0.254 e. The van der Waals surface area contributed by atoms with Crippen molar-refractivity contribution in [1.29, 1.82) is 0 Å². The standard InChI is InChI=1S/C20H26N2O3S/c1-14(2)26-18-7-5-16(6-8-18)12-19(23)21-9-10-22-15(3)11-17(25-4)13-20(22)24/h5-8,11,13-14H,9-10,12H2,1-4H3,(H,21,23). The number of carbonyl (C=O) groups excluding carboxylic acids is 1. The fourth-order valence-corrected chi connectivity index (χ4v) is 3.45. The molecule has 1 N–H and O–H groups in total. The molecule has 1 amide bonds. The predicted molar refractivity (Wildman–Crippen MR) is 106 cm³/mol. The quantitative estimate of drug-likeness (QED) is 0.722. The second kappa shape index (κ2) is 9.48. The monoisotopic (exact) mass is 374 g/mol. The number of amides is 1. The first-order valence-corrected chi connectivity index (χ1v) is 9.54. The summed E-state index contributed by atoms with van der Waals surface area (Å²) in [4.78, 5) is 25.4. The number of pyridine rings is 1. The molecule has 0 fully saturated rings. The van der Waals surface area contributed by atoms with Gasteiger partial charge in [-0.15, -0.1) is 11.8 Å². The van der Waals surface area contributed by atoms with Crippen molar-refractivity contribution in [2.45, 2.75) is 43.9 Å². The zero-order valence-corrected chi connectivity index (χ0v) is 16.6. The van der Waals surface area contributed by atoms with E-state index in [0.29, 0.717) is 30.5 Å². The largest absolute Gasteiger partial charge is 0.496 e. The number of rotatable bonds is 8. The molecule has 0 radical (unpaired) electrons. The van der Waals surface area contributed by atoms with Gasteiger partial charge in [0.15, 0.2) is 0 Å². The molecule has 2 aromatic rings. The molecular weight excluding hydrogens is 348 g/mol. The topological polar surface area (TPSA) is 60.3 Å². The average Bonchev–Trinajstić information content (AvgIpc) is 2.58. The van der Waals surface area contributed by atoms with E-state index in [1.54, 1.807) is 22.4 Å². The molecule has 0 aliphatic carbocycles. The van der Waals surface area contributed by atoms with Gasteiger partial charge in [0.25, 0.3) is 5.56 Å². The molecule has 6 heteroatoms. The fourth-order valence-electron chi connectivity index (χ4n) is 2.62. The van der Waals surface area contributed by atoms with Crippen molar-refractivity contribution in [3.8, 4) is 5.75 Å². The number of hydrogen-bond donors (Lipinski definition) is 1. The number of methoxy groups -OCH3 is 1. The molecule has 0 aliphatic heterocycles. The van der Waals surface area contributed by atoms with Gasteiger partial charge in [-0.3, -0.25) is 9.59 Å². The van der Waals surface area contributed by atoms with E-state index in [1.807, 2.05) is 31.2 Å². The number of benzene rings is 1. The van der Waals surface area contributed by atoms with E-state index in [-0.39, 0.29) is 11.5 Å². The summed E-state index contributed by atoms with van der Waals surface area (Å²) in [6.45, 7) is 7.00. The minimum atomic E-state index is -0.130. The summed E-state index contributed by atoms with van der Waals surface area (Å²) in [5.74, 6) is 0.500. The zero-order chi connectivity index (χ0) is 19.1. The molecule has 0 saturated carbocycles. The van der Waals surface area contributed by atoms with Crippen LogP contribution in [0, 0.1) is 6.92 Å². The average molecular weight is 375 g/mol. The first-order valence-electron chi connectivity index (χ1n) is 8.67. The minimum Gasteiger partial charge on any atom is -0.496 e. The Morgan fingerprint density at radius 2 is 1.92 bits per heavy atom. The van der Waals surface area contributed by atoms with E-state index < -0.39 is 0 Å². The summed E-state index contributed by atoms with van der Waals surface area (Å²) in [5, 5.41) is 3.41. The number of thioether (sulfide) groups is 1. The third-order valence-electron chi connectivity index (χ3n) is 3.86. The molecule has 1 aromatic carbocycles. The predicted octanol–water partition coefficient (Wildman–Crippen LogP) is 3.02. The Balaban J connectivity index is 1.85. The van der Waals surface area contributed by atoms with Crippen molar-refractivity contribution >= 4 is 17.7 Å². The Hall–Kier alpha value is -2.21. The Morgan fingerprint density at radius 3 is 2.50 bits per heavy atom. The van der Waals surface area contributed by atoms with Crippen molar-refractivity contribution in [1.82, 2.24) is 9.88 Å². The molecule has 0 saturated heterocycles. The number of carbonyl (C=O) groups is 1. The first-order chi connectivity index (χ1) is 12.4. The van der Waals surface area contributed by atoms with Gasteiger partial charge in [-0.05, 0) is 30.7 Å². The lowest BCUT2D eigenvalue weighted by atomic mass is 10.1. The van der Waals surface area contributed by atoms with Crippen LogP contribution in [0.2, 0.25) is 0 Å². The van der Waals surface area contributed by atoms with Crippen LogP contribution < -0.4 is 15.6 Å². The van der Waals surface area contributed by atoms with Crippen LogP contribution in [0.4, 0.5) is 0 Å². The number of hydrogen-bond acceptors (Lipinski definition) is 4. The van der Waals surface area contributed by atoms with Gasteiger partial charge >= 0.3 is 0 Å². The number of aromatic nitrogens is 1. The van der Waals surface area contributed by atoms with Crippen molar-refractivity contribution < 1.29 is 9.53 Å². The maximum atomic E-state index is 12.1. The summed E-state index contributed by atoms with van der Waals surface area (Å²) >= 11 is 1.80. The van der Waals surface area contributed by atoms with Crippen molar-refractivity contribution in [3.05, 3.63) is 58.0 Å². The van der Waals surface area contributed by atoms with E-state index in [4.69, 9.17) is 4.74 Å². The van der Waals surface area contributed by atoms with Crippen LogP contribution in [0.1, 0.15) is 25.1 Å². The Kier molecular flexibility index (Phi) is 7.33. The normalized spacial score (nSPS) is 10.8. The molecule has 0 unspecified atom stereocenters. The van der Waals surface area contributed by atoms with Gasteiger partial charge in [-0.1, -0.05) is 26.0 Å². The molecule has 5 nitrogen and oxygen atoms in total. The molecule has 1 heterocycles. The molecule has 26 heavy (non-hydrogen) atoms. The van der Waals surface area contributed by atoms with Crippen molar-refractivity contribution in [3.63, 3.8) is 0 Å². The molecule has 0 atom stereocenters. The number of nitrogens with one attached hydrogen (secondary N) is 1. The van der Waals surface area contributed by atoms with Crippen molar-refractivity contribution in [2.24, 2.45) is 0 Å². The molecule has 0 aliphatic rings. The number of ether oxygens (including phenoxy) is 1. The molecule has 140 valence electrons. The highest BCUT2D eigenvalue weighted by atomic mass is 32.2. The zero-order valence-electron chi connectivity index (χ0n) is 15.7. The SMILES string of the molecule is COc1cc(C)n(CCNC(=O)Cc2ccc(SC(C)C)cc2)c(=O)c1. The van der Waals surface area contributed by atoms with Crippen LogP contribution >= 0.6 is 11.8 Å². The third kappa shape index (κ3) is 5.95. The summed E-state index contributed by atoms with van der Waals surface area (Å²) in [5.41, 5.74) is 1.66. The van der Waals surface area contributed by atoms with Crippen molar-refractivity contribution in [2.75, 3.05) is 13.7 Å². The van der Waals surface area contributed by atoms with Crippen LogP contribution in [0.5, 0.6) is 5.75 Å². The summed E-state index contributed by atoms with van der Waals surface area (Å²) in [6.07, 6.45) is 0.336. The number of nitrogens with zero attached hydrogens (tertiary/aromatic N) is 1. The lowest BCUT2D eigenvalue weighted by Crippen LogP contribution is -2.32. The van der Waals surface area contributed by atoms with E-state index in [1.165, 1.54) is 18.1 Å². The van der Waals surface area contributed by atoms with E-state index in [0.717, 1.165) is 11.3 Å². The second-order valence-corrected chi connectivity index (χ2v) is 8.01. The highest BCUT2D eigenvalue weighted by molar-refractivity contribution is 7.99. The Morgan fingerprint density at radius 1 is 1.23 bits per heavy atom. The molecular formula is C20H26N2O3S. The molecule has 1 aromatic heterocycles. The minimum absolute atomic E-state index is 0.0477. The van der Waals surface area contributed by atoms with Crippen LogP contribution in [0.3, 0.4) is 0 Å².